The first kappa shape index (κ1) is 18.6. The first-order chi connectivity index (χ1) is 9.66. The third-order valence-corrected chi connectivity index (χ3v) is 5.35. The van der Waals surface area contributed by atoms with Crippen LogP contribution in [0, 0.1) is 0 Å². The molecule has 3 nitrogen and oxygen atoms in total. The molecule has 1 heterocycles. The van der Waals surface area contributed by atoms with Gasteiger partial charge in [-0.2, -0.15) is 0 Å². The fourth-order valence-corrected chi connectivity index (χ4v) is 3.96. The van der Waals surface area contributed by atoms with Crippen molar-refractivity contribution in [3.63, 3.8) is 0 Å². The Morgan fingerprint density at radius 1 is 1.19 bits per heavy atom. The zero-order valence-corrected chi connectivity index (χ0v) is 15.9. The Hall–Kier alpha value is -0.450. The molecule has 1 aromatic rings. The largest absolute Gasteiger partial charge is 0.315 e. The van der Waals surface area contributed by atoms with Crippen molar-refractivity contribution in [3.8, 4) is 0 Å². The summed E-state index contributed by atoms with van der Waals surface area (Å²) >= 11 is 1.79. The molecule has 122 valence electrons. The summed E-state index contributed by atoms with van der Waals surface area (Å²) in [5.41, 5.74) is 1.46. The van der Waals surface area contributed by atoms with Crippen molar-refractivity contribution in [3.05, 3.63) is 16.1 Å². The Morgan fingerprint density at radius 3 is 2.14 bits per heavy atom. The third-order valence-electron chi connectivity index (χ3n) is 4.48. The number of likely N-dealkylation sites (N-methyl/N-ethyl adjacent to an activating group) is 2. The fourth-order valence-electron chi connectivity index (χ4n) is 2.89. The minimum absolute atomic E-state index is 0.117. The van der Waals surface area contributed by atoms with Gasteiger partial charge in [-0.3, -0.25) is 4.90 Å². The second-order valence-electron chi connectivity index (χ2n) is 7.25. The van der Waals surface area contributed by atoms with Crippen molar-refractivity contribution in [1.29, 1.82) is 0 Å². The summed E-state index contributed by atoms with van der Waals surface area (Å²) in [5, 5.41) is 6.96. The van der Waals surface area contributed by atoms with Crippen molar-refractivity contribution < 1.29 is 0 Å². The number of nitrogens with one attached hydrogen (secondary N) is 1. The number of hydrogen-bond donors (Lipinski definition) is 1. The van der Waals surface area contributed by atoms with Gasteiger partial charge in [0.05, 0.1) is 10.7 Å². The van der Waals surface area contributed by atoms with Crippen LogP contribution in [-0.2, 0) is 11.8 Å². The van der Waals surface area contributed by atoms with Gasteiger partial charge in [-0.05, 0) is 34.0 Å². The van der Waals surface area contributed by atoms with E-state index in [0.717, 1.165) is 19.5 Å². The second kappa shape index (κ2) is 7.21. The molecule has 0 radical (unpaired) electrons. The average Bonchev–Trinajstić information content (AvgIpc) is 2.85. The van der Waals surface area contributed by atoms with Crippen molar-refractivity contribution in [2.75, 3.05) is 20.1 Å². The minimum Gasteiger partial charge on any atom is -0.315 e. The van der Waals surface area contributed by atoms with Crippen LogP contribution < -0.4 is 5.32 Å². The standard InChI is InChI=1S/C17H33N3S/c1-9-20(10-2)17(6,7)13(18-8)11-15-19-14(12-21-15)16(3,4)5/h12-13,18H,9-11H2,1-8H3. The summed E-state index contributed by atoms with van der Waals surface area (Å²) < 4.78 is 0. The van der Waals surface area contributed by atoms with Crippen molar-refractivity contribution in [2.45, 2.75) is 71.9 Å². The third kappa shape index (κ3) is 4.51. The van der Waals surface area contributed by atoms with Gasteiger partial charge >= 0.3 is 0 Å². The normalized spacial score (nSPS) is 14.7. The predicted octanol–water partition coefficient (Wildman–Crippen LogP) is 3.69. The smallest absolute Gasteiger partial charge is 0.0944 e. The quantitative estimate of drug-likeness (QED) is 0.832. The maximum atomic E-state index is 4.85. The molecular formula is C17H33N3S. The Balaban J connectivity index is 2.89. The zero-order valence-electron chi connectivity index (χ0n) is 15.1. The highest BCUT2D eigenvalue weighted by atomic mass is 32.1. The van der Waals surface area contributed by atoms with Gasteiger partial charge in [-0.1, -0.05) is 34.6 Å². The second-order valence-corrected chi connectivity index (χ2v) is 8.19. The van der Waals surface area contributed by atoms with Gasteiger partial charge in [0.2, 0.25) is 0 Å². The van der Waals surface area contributed by atoms with Crippen LogP contribution in [0.25, 0.3) is 0 Å². The number of hydrogen-bond acceptors (Lipinski definition) is 4. The molecule has 0 saturated carbocycles. The van der Waals surface area contributed by atoms with Gasteiger partial charge in [0.1, 0.15) is 0 Å². The molecule has 0 spiro atoms. The van der Waals surface area contributed by atoms with Crippen LogP contribution in [0.1, 0.15) is 59.2 Å². The van der Waals surface area contributed by atoms with Gasteiger partial charge in [0, 0.05) is 28.8 Å². The number of aromatic nitrogens is 1. The minimum atomic E-state index is 0.117. The van der Waals surface area contributed by atoms with Gasteiger partial charge < -0.3 is 5.32 Å². The SMILES string of the molecule is CCN(CC)C(C)(C)C(Cc1nc(C(C)(C)C)cs1)NC. The summed E-state index contributed by atoms with van der Waals surface area (Å²) in [4.78, 5) is 7.37. The lowest BCUT2D eigenvalue weighted by molar-refractivity contribution is 0.0943. The molecule has 4 heteroatoms. The molecule has 1 unspecified atom stereocenters. The van der Waals surface area contributed by atoms with Gasteiger partial charge in [0.25, 0.3) is 0 Å². The Bertz CT molecular complexity index is 427. The van der Waals surface area contributed by atoms with E-state index in [0.29, 0.717) is 6.04 Å². The molecule has 0 bridgehead atoms. The number of thiazole rings is 1. The Kier molecular flexibility index (Phi) is 6.38. The molecule has 0 aliphatic rings. The van der Waals surface area contributed by atoms with Crippen LogP contribution >= 0.6 is 11.3 Å². The van der Waals surface area contributed by atoms with Crippen LogP contribution in [0.2, 0.25) is 0 Å². The molecule has 1 aromatic heterocycles. The molecule has 0 fully saturated rings. The van der Waals surface area contributed by atoms with Crippen LogP contribution in [0.4, 0.5) is 0 Å². The summed E-state index contributed by atoms with van der Waals surface area (Å²) in [7, 11) is 2.06. The Morgan fingerprint density at radius 2 is 1.76 bits per heavy atom. The zero-order chi connectivity index (χ0) is 16.3. The van der Waals surface area contributed by atoms with Crippen molar-refractivity contribution in [2.24, 2.45) is 0 Å². The van der Waals surface area contributed by atoms with Gasteiger partial charge in [0.15, 0.2) is 0 Å². The predicted molar refractivity (Wildman–Crippen MR) is 94.4 cm³/mol. The topological polar surface area (TPSA) is 28.2 Å². The van der Waals surface area contributed by atoms with E-state index in [9.17, 15) is 0 Å². The Labute approximate surface area is 135 Å². The van der Waals surface area contributed by atoms with E-state index in [1.165, 1.54) is 10.7 Å². The highest BCUT2D eigenvalue weighted by Crippen LogP contribution is 2.27. The molecule has 1 N–H and O–H groups in total. The lowest BCUT2D eigenvalue weighted by Crippen LogP contribution is -2.57. The van der Waals surface area contributed by atoms with Crippen LogP contribution in [0.5, 0.6) is 0 Å². The highest BCUT2D eigenvalue weighted by molar-refractivity contribution is 7.09. The first-order valence-corrected chi connectivity index (χ1v) is 8.91. The molecule has 1 atom stereocenters. The summed E-state index contributed by atoms with van der Waals surface area (Å²) in [6.45, 7) is 18.0. The molecular weight excluding hydrogens is 278 g/mol. The van der Waals surface area contributed by atoms with Crippen LogP contribution in [-0.4, -0.2) is 41.6 Å². The molecule has 0 saturated heterocycles. The van der Waals surface area contributed by atoms with E-state index >= 15 is 0 Å². The van der Waals surface area contributed by atoms with E-state index < -0.39 is 0 Å². The highest BCUT2D eigenvalue weighted by Gasteiger charge is 2.33. The summed E-state index contributed by atoms with van der Waals surface area (Å²) in [6, 6.07) is 0.399. The van der Waals surface area contributed by atoms with E-state index in [-0.39, 0.29) is 11.0 Å². The maximum absolute atomic E-state index is 4.85. The van der Waals surface area contributed by atoms with E-state index in [1.54, 1.807) is 11.3 Å². The lowest BCUT2D eigenvalue weighted by atomic mass is 9.89. The maximum Gasteiger partial charge on any atom is 0.0944 e. The van der Waals surface area contributed by atoms with Crippen LogP contribution in [0.3, 0.4) is 0 Å². The molecule has 0 amide bonds. The lowest BCUT2D eigenvalue weighted by Gasteiger charge is -2.43. The fraction of sp³-hybridized carbons (Fsp3) is 0.824. The molecule has 1 rings (SSSR count). The molecule has 0 aliphatic heterocycles. The van der Waals surface area contributed by atoms with Crippen LogP contribution in [0.15, 0.2) is 5.38 Å². The van der Waals surface area contributed by atoms with Gasteiger partial charge in [-0.25, -0.2) is 4.98 Å². The average molecular weight is 312 g/mol. The van der Waals surface area contributed by atoms with E-state index in [1.807, 2.05) is 0 Å². The number of rotatable bonds is 7. The van der Waals surface area contributed by atoms with Crippen molar-refractivity contribution >= 4 is 11.3 Å². The van der Waals surface area contributed by atoms with E-state index in [4.69, 9.17) is 4.98 Å². The molecule has 0 aromatic carbocycles. The van der Waals surface area contributed by atoms with Gasteiger partial charge in [-0.15, -0.1) is 11.3 Å². The van der Waals surface area contributed by atoms with Crippen molar-refractivity contribution in [1.82, 2.24) is 15.2 Å². The molecule has 0 aliphatic carbocycles. The first-order valence-electron chi connectivity index (χ1n) is 8.04. The summed E-state index contributed by atoms with van der Waals surface area (Å²) in [6.07, 6.45) is 0.987. The molecule has 21 heavy (non-hydrogen) atoms. The monoisotopic (exact) mass is 311 g/mol. The van der Waals surface area contributed by atoms with E-state index in [2.05, 4.69) is 71.1 Å². The summed E-state index contributed by atoms with van der Waals surface area (Å²) in [5.74, 6) is 0. The number of nitrogens with zero attached hydrogens (tertiary/aromatic N) is 2.